The Bertz CT molecular complexity index is 855. The lowest BCUT2D eigenvalue weighted by Crippen LogP contribution is -2.13. The largest absolute Gasteiger partial charge is 0.478 e. The molecule has 0 aromatic heterocycles. The summed E-state index contributed by atoms with van der Waals surface area (Å²) in [6.45, 7) is 0. The van der Waals surface area contributed by atoms with Crippen LogP contribution in [0.3, 0.4) is 0 Å². The van der Waals surface area contributed by atoms with Gasteiger partial charge in [-0.15, -0.1) is 0 Å². The van der Waals surface area contributed by atoms with Gasteiger partial charge in [0, 0.05) is 5.69 Å². The van der Waals surface area contributed by atoms with Gasteiger partial charge in [-0.05, 0) is 36.4 Å². The maximum absolute atomic E-state index is 13.1. The molecule has 22 heavy (non-hydrogen) atoms. The highest BCUT2D eigenvalue weighted by atomic mass is 35.5. The molecular formula is C13H8Cl2FNO4S. The van der Waals surface area contributed by atoms with Crippen molar-refractivity contribution in [2.45, 2.75) is 4.90 Å². The van der Waals surface area contributed by atoms with Gasteiger partial charge < -0.3 is 5.11 Å². The summed E-state index contributed by atoms with van der Waals surface area (Å²) >= 11 is 11.2. The number of aromatic carboxylic acids is 1. The highest BCUT2D eigenvalue weighted by Gasteiger charge is 2.17. The Morgan fingerprint density at radius 3 is 2.36 bits per heavy atom. The van der Waals surface area contributed by atoms with Crippen molar-refractivity contribution in [3.05, 3.63) is 57.8 Å². The van der Waals surface area contributed by atoms with Gasteiger partial charge in [0.2, 0.25) is 0 Å². The van der Waals surface area contributed by atoms with Crippen LogP contribution in [0.5, 0.6) is 0 Å². The van der Waals surface area contributed by atoms with Crippen LogP contribution in [-0.2, 0) is 10.0 Å². The molecule has 0 aliphatic carbocycles. The molecule has 0 saturated heterocycles. The highest BCUT2D eigenvalue weighted by molar-refractivity contribution is 7.92. The zero-order valence-electron chi connectivity index (χ0n) is 10.7. The third-order valence-corrected chi connectivity index (χ3v) is 4.65. The number of halogens is 3. The molecule has 5 nitrogen and oxygen atoms in total. The molecular weight excluding hydrogens is 356 g/mol. The van der Waals surface area contributed by atoms with E-state index in [1.807, 2.05) is 0 Å². The molecule has 0 heterocycles. The van der Waals surface area contributed by atoms with Crippen molar-refractivity contribution in [3.63, 3.8) is 0 Å². The Morgan fingerprint density at radius 2 is 1.77 bits per heavy atom. The van der Waals surface area contributed by atoms with Crippen molar-refractivity contribution in [1.82, 2.24) is 0 Å². The van der Waals surface area contributed by atoms with E-state index >= 15 is 0 Å². The number of sulfonamides is 1. The fourth-order valence-corrected chi connectivity index (χ4v) is 3.13. The van der Waals surface area contributed by atoms with Gasteiger partial charge in [0.15, 0.2) is 0 Å². The van der Waals surface area contributed by atoms with Gasteiger partial charge >= 0.3 is 5.97 Å². The minimum atomic E-state index is -4.05. The van der Waals surface area contributed by atoms with E-state index in [2.05, 4.69) is 4.72 Å². The summed E-state index contributed by atoms with van der Waals surface area (Å²) in [4.78, 5) is 10.7. The summed E-state index contributed by atoms with van der Waals surface area (Å²) < 4.78 is 39.6. The minimum Gasteiger partial charge on any atom is -0.478 e. The Kier molecular flexibility index (Phi) is 4.60. The number of anilines is 1. The topological polar surface area (TPSA) is 83.5 Å². The number of carbonyl (C=O) groups is 1. The van der Waals surface area contributed by atoms with Crippen LogP contribution in [0, 0.1) is 5.82 Å². The molecule has 116 valence electrons. The first-order chi connectivity index (χ1) is 10.2. The van der Waals surface area contributed by atoms with E-state index in [-0.39, 0.29) is 26.2 Å². The predicted octanol–water partition coefficient (Wildman–Crippen LogP) is 3.63. The summed E-state index contributed by atoms with van der Waals surface area (Å²) in [7, 11) is -4.05. The lowest BCUT2D eigenvalue weighted by Gasteiger charge is -2.10. The summed E-state index contributed by atoms with van der Waals surface area (Å²) in [5, 5.41) is 8.58. The summed E-state index contributed by atoms with van der Waals surface area (Å²) in [5.41, 5.74) is -0.249. The molecule has 2 rings (SSSR count). The van der Waals surface area contributed by atoms with Crippen molar-refractivity contribution in [1.29, 1.82) is 0 Å². The quantitative estimate of drug-likeness (QED) is 0.868. The third-order valence-electron chi connectivity index (χ3n) is 2.65. The van der Waals surface area contributed by atoms with Crippen LogP contribution >= 0.6 is 23.2 Å². The zero-order chi connectivity index (χ0) is 16.5. The van der Waals surface area contributed by atoms with E-state index in [1.165, 1.54) is 12.1 Å². The molecule has 2 N–H and O–H groups in total. The Labute approximate surface area is 135 Å². The van der Waals surface area contributed by atoms with Crippen LogP contribution in [0.1, 0.15) is 10.4 Å². The lowest BCUT2D eigenvalue weighted by atomic mass is 10.2. The van der Waals surface area contributed by atoms with Gasteiger partial charge in [-0.25, -0.2) is 17.6 Å². The second-order valence-electron chi connectivity index (χ2n) is 4.18. The molecule has 0 spiro atoms. The number of nitrogens with one attached hydrogen (secondary N) is 1. The maximum Gasteiger partial charge on any atom is 0.337 e. The van der Waals surface area contributed by atoms with E-state index in [1.54, 1.807) is 0 Å². The molecule has 0 amide bonds. The first kappa shape index (κ1) is 16.5. The average Bonchev–Trinajstić information content (AvgIpc) is 2.43. The summed E-state index contributed by atoms with van der Waals surface area (Å²) in [6, 6.07) is 6.54. The van der Waals surface area contributed by atoms with Gasteiger partial charge in [-0.2, -0.15) is 0 Å². The molecule has 0 radical (unpaired) electrons. The number of hydrogen-bond acceptors (Lipinski definition) is 3. The molecule has 0 aliphatic heterocycles. The summed E-state index contributed by atoms with van der Waals surface area (Å²) in [5.74, 6) is -2.05. The van der Waals surface area contributed by atoms with Crippen molar-refractivity contribution < 1.29 is 22.7 Å². The van der Waals surface area contributed by atoms with Gasteiger partial charge in [0.05, 0.1) is 20.5 Å². The number of hydrogen-bond donors (Lipinski definition) is 2. The highest BCUT2D eigenvalue weighted by Crippen LogP contribution is 2.24. The van der Waals surface area contributed by atoms with Gasteiger partial charge in [0.1, 0.15) is 5.82 Å². The second kappa shape index (κ2) is 6.12. The molecule has 0 aliphatic rings. The Hall–Kier alpha value is -1.83. The molecule has 0 saturated carbocycles. The number of rotatable bonds is 4. The van der Waals surface area contributed by atoms with Gasteiger partial charge in [-0.3, -0.25) is 4.72 Å². The van der Waals surface area contributed by atoms with E-state index in [0.29, 0.717) is 0 Å². The Balaban J connectivity index is 2.38. The summed E-state index contributed by atoms with van der Waals surface area (Å²) in [6.07, 6.45) is 0. The molecule has 2 aromatic rings. The van der Waals surface area contributed by atoms with Crippen LogP contribution in [0.15, 0.2) is 41.3 Å². The molecule has 0 fully saturated rings. The third kappa shape index (κ3) is 3.49. The smallest absolute Gasteiger partial charge is 0.337 e. The zero-order valence-corrected chi connectivity index (χ0v) is 13.0. The van der Waals surface area contributed by atoms with Crippen LogP contribution < -0.4 is 4.72 Å². The van der Waals surface area contributed by atoms with Crippen LogP contribution in [0.4, 0.5) is 10.1 Å². The van der Waals surface area contributed by atoms with Crippen LogP contribution in [0.25, 0.3) is 0 Å². The number of carboxylic acids is 1. The average molecular weight is 364 g/mol. The molecule has 0 bridgehead atoms. The Morgan fingerprint density at radius 1 is 1.09 bits per heavy atom. The second-order valence-corrected chi connectivity index (χ2v) is 6.68. The van der Waals surface area contributed by atoms with E-state index in [4.69, 9.17) is 28.3 Å². The van der Waals surface area contributed by atoms with Crippen molar-refractivity contribution >= 4 is 44.9 Å². The van der Waals surface area contributed by atoms with Gasteiger partial charge in [0.25, 0.3) is 10.0 Å². The van der Waals surface area contributed by atoms with Crippen LogP contribution in [0.2, 0.25) is 10.0 Å². The van der Waals surface area contributed by atoms with Crippen molar-refractivity contribution in [3.8, 4) is 0 Å². The minimum absolute atomic E-state index is 0.00208. The standard InChI is InChI=1S/C13H8Cl2FNO4S/c14-10-3-1-7(5-9(10)13(18)19)17-22(20,21)8-2-4-12(16)11(15)6-8/h1-6,17H,(H,18,19). The van der Waals surface area contributed by atoms with E-state index in [9.17, 15) is 17.6 Å². The molecule has 0 unspecified atom stereocenters. The number of carboxylic acid groups (broad SMARTS) is 1. The lowest BCUT2D eigenvalue weighted by molar-refractivity contribution is 0.0697. The fourth-order valence-electron chi connectivity index (χ4n) is 1.61. The monoisotopic (exact) mass is 363 g/mol. The van der Waals surface area contributed by atoms with Crippen molar-refractivity contribution in [2.75, 3.05) is 4.72 Å². The van der Waals surface area contributed by atoms with Crippen LogP contribution in [-0.4, -0.2) is 19.5 Å². The predicted molar refractivity (Wildman–Crippen MR) is 80.6 cm³/mol. The maximum atomic E-state index is 13.1. The van der Waals surface area contributed by atoms with E-state index < -0.39 is 21.8 Å². The normalized spacial score (nSPS) is 11.2. The van der Waals surface area contributed by atoms with Crippen molar-refractivity contribution in [2.24, 2.45) is 0 Å². The van der Waals surface area contributed by atoms with E-state index in [0.717, 1.165) is 24.3 Å². The number of benzene rings is 2. The molecule has 2 aromatic carbocycles. The van der Waals surface area contributed by atoms with Gasteiger partial charge in [-0.1, -0.05) is 23.2 Å². The fraction of sp³-hybridized carbons (Fsp3) is 0. The molecule has 0 atom stereocenters. The first-order valence-electron chi connectivity index (χ1n) is 5.71. The first-order valence-corrected chi connectivity index (χ1v) is 7.95. The molecule has 9 heteroatoms. The SMILES string of the molecule is O=C(O)c1cc(NS(=O)(=O)c2ccc(F)c(Cl)c2)ccc1Cl.